The van der Waals surface area contributed by atoms with Crippen molar-refractivity contribution in [1.82, 2.24) is 10.3 Å². The molecule has 0 bridgehead atoms. The zero-order chi connectivity index (χ0) is 13.8. The molecular formula is C14H18FN3S. The molecule has 0 saturated heterocycles. The molecule has 102 valence electrons. The number of rotatable bonds is 5. The molecule has 2 rings (SSSR count). The minimum atomic E-state index is -0.172. The molecule has 2 aromatic rings. The number of nitrogens with zero attached hydrogens (tertiary/aromatic N) is 2. The summed E-state index contributed by atoms with van der Waals surface area (Å²) in [6, 6.07) is 7.07. The van der Waals surface area contributed by atoms with Crippen LogP contribution in [0, 0.1) is 5.82 Å². The van der Waals surface area contributed by atoms with E-state index in [1.54, 1.807) is 23.5 Å². The fourth-order valence-electron chi connectivity index (χ4n) is 1.75. The highest BCUT2D eigenvalue weighted by molar-refractivity contribution is 7.13. The van der Waals surface area contributed by atoms with Gasteiger partial charge >= 0.3 is 0 Å². The van der Waals surface area contributed by atoms with E-state index in [0.29, 0.717) is 12.1 Å². The maximum atomic E-state index is 13.6. The first-order chi connectivity index (χ1) is 9.11. The average molecular weight is 279 g/mol. The predicted molar refractivity (Wildman–Crippen MR) is 78.1 cm³/mol. The molecule has 5 heteroatoms. The lowest BCUT2D eigenvalue weighted by Crippen LogP contribution is -2.18. The van der Waals surface area contributed by atoms with E-state index in [1.807, 2.05) is 30.4 Å². The summed E-state index contributed by atoms with van der Waals surface area (Å²) in [5, 5.41) is 6.10. The van der Waals surface area contributed by atoms with Crippen LogP contribution in [0.25, 0.3) is 0 Å². The summed E-state index contributed by atoms with van der Waals surface area (Å²) < 4.78 is 13.6. The van der Waals surface area contributed by atoms with Gasteiger partial charge in [0.1, 0.15) is 5.82 Å². The first-order valence-electron chi connectivity index (χ1n) is 6.19. The van der Waals surface area contributed by atoms with E-state index in [1.165, 1.54) is 6.07 Å². The Hall–Kier alpha value is -1.46. The lowest BCUT2D eigenvalue weighted by Gasteiger charge is -2.16. The van der Waals surface area contributed by atoms with Gasteiger partial charge < -0.3 is 10.2 Å². The fourth-order valence-corrected chi connectivity index (χ4v) is 2.63. The van der Waals surface area contributed by atoms with Crippen molar-refractivity contribution in [3.8, 4) is 0 Å². The second-order valence-electron chi connectivity index (χ2n) is 4.51. The molecule has 1 unspecified atom stereocenters. The van der Waals surface area contributed by atoms with Gasteiger partial charge in [0, 0.05) is 30.6 Å². The molecule has 0 aliphatic rings. The number of anilines is 1. The molecule has 0 amide bonds. The Morgan fingerprint density at radius 2 is 2.16 bits per heavy atom. The third-order valence-corrected chi connectivity index (χ3v) is 4.05. The topological polar surface area (TPSA) is 28.2 Å². The van der Waals surface area contributed by atoms with Gasteiger partial charge in [0.15, 0.2) is 5.13 Å². The Kier molecular flexibility index (Phi) is 4.50. The average Bonchev–Trinajstić information content (AvgIpc) is 2.90. The first kappa shape index (κ1) is 14.0. The number of aromatic nitrogens is 1. The SMILES string of the molecule is CNC(C)c1csc(N(C)Cc2ccccc2F)n1. The normalized spacial score (nSPS) is 12.4. The van der Waals surface area contributed by atoms with Gasteiger partial charge in [0.25, 0.3) is 0 Å². The van der Waals surface area contributed by atoms with Crippen LogP contribution >= 0.6 is 11.3 Å². The van der Waals surface area contributed by atoms with E-state index >= 15 is 0 Å². The molecular weight excluding hydrogens is 261 g/mol. The van der Waals surface area contributed by atoms with E-state index in [2.05, 4.69) is 17.2 Å². The number of nitrogens with one attached hydrogen (secondary N) is 1. The first-order valence-corrected chi connectivity index (χ1v) is 7.07. The molecule has 0 radical (unpaired) electrons. The van der Waals surface area contributed by atoms with Crippen LogP contribution in [0.1, 0.15) is 24.2 Å². The van der Waals surface area contributed by atoms with Crippen LogP contribution in [0.4, 0.5) is 9.52 Å². The number of thiazole rings is 1. The van der Waals surface area contributed by atoms with Crippen LogP contribution in [-0.2, 0) is 6.54 Å². The summed E-state index contributed by atoms with van der Waals surface area (Å²) in [5.41, 5.74) is 1.70. The van der Waals surface area contributed by atoms with E-state index in [4.69, 9.17) is 0 Å². The van der Waals surface area contributed by atoms with Crippen molar-refractivity contribution in [1.29, 1.82) is 0 Å². The maximum absolute atomic E-state index is 13.6. The Labute approximate surface area is 117 Å². The summed E-state index contributed by atoms with van der Waals surface area (Å²) in [7, 11) is 3.84. The van der Waals surface area contributed by atoms with Gasteiger partial charge in [-0.15, -0.1) is 11.3 Å². The van der Waals surface area contributed by atoms with Crippen LogP contribution in [0.3, 0.4) is 0 Å². The smallest absolute Gasteiger partial charge is 0.185 e. The van der Waals surface area contributed by atoms with Crippen LogP contribution in [0.5, 0.6) is 0 Å². The Balaban J connectivity index is 2.10. The lowest BCUT2D eigenvalue weighted by molar-refractivity contribution is 0.607. The van der Waals surface area contributed by atoms with Crippen molar-refractivity contribution in [3.05, 3.63) is 46.7 Å². The zero-order valence-corrected chi connectivity index (χ0v) is 12.2. The summed E-state index contributed by atoms with van der Waals surface area (Å²) in [5.74, 6) is -0.172. The lowest BCUT2D eigenvalue weighted by atomic mass is 10.2. The Morgan fingerprint density at radius 3 is 2.84 bits per heavy atom. The van der Waals surface area contributed by atoms with Gasteiger partial charge in [-0.1, -0.05) is 18.2 Å². The summed E-state index contributed by atoms with van der Waals surface area (Å²) >= 11 is 1.58. The van der Waals surface area contributed by atoms with Crippen LogP contribution in [0.15, 0.2) is 29.6 Å². The molecule has 0 aliphatic heterocycles. The van der Waals surface area contributed by atoms with Crippen molar-refractivity contribution in [2.45, 2.75) is 19.5 Å². The molecule has 0 saturated carbocycles. The van der Waals surface area contributed by atoms with Gasteiger partial charge in [0.05, 0.1) is 5.69 Å². The number of hydrogen-bond acceptors (Lipinski definition) is 4. The summed E-state index contributed by atoms with van der Waals surface area (Å²) in [4.78, 5) is 6.53. The van der Waals surface area contributed by atoms with Gasteiger partial charge in [-0.25, -0.2) is 9.37 Å². The zero-order valence-electron chi connectivity index (χ0n) is 11.4. The predicted octanol–water partition coefficient (Wildman–Crippen LogP) is 3.20. The monoisotopic (exact) mass is 279 g/mol. The Morgan fingerprint density at radius 1 is 1.42 bits per heavy atom. The fraction of sp³-hybridized carbons (Fsp3) is 0.357. The number of benzene rings is 1. The van der Waals surface area contributed by atoms with Crippen LogP contribution in [0.2, 0.25) is 0 Å². The molecule has 1 aromatic carbocycles. The minimum absolute atomic E-state index is 0.172. The molecule has 19 heavy (non-hydrogen) atoms. The number of halogens is 1. The third kappa shape index (κ3) is 3.30. The van der Waals surface area contributed by atoms with Gasteiger partial charge in [-0.3, -0.25) is 0 Å². The highest BCUT2D eigenvalue weighted by Crippen LogP contribution is 2.24. The molecule has 0 fully saturated rings. The van der Waals surface area contributed by atoms with Crippen molar-refractivity contribution in [3.63, 3.8) is 0 Å². The quantitative estimate of drug-likeness (QED) is 0.911. The van der Waals surface area contributed by atoms with Crippen LogP contribution in [-0.4, -0.2) is 19.1 Å². The standard InChI is InChI=1S/C14H18FN3S/c1-10(16-2)13-9-19-14(17-13)18(3)8-11-6-4-5-7-12(11)15/h4-7,9-10,16H,8H2,1-3H3. The largest absolute Gasteiger partial charge is 0.347 e. The molecule has 1 N–H and O–H groups in total. The molecule has 3 nitrogen and oxygen atoms in total. The second kappa shape index (κ2) is 6.12. The van der Waals surface area contributed by atoms with Crippen molar-refractivity contribution in [2.24, 2.45) is 0 Å². The molecule has 1 atom stereocenters. The summed E-state index contributed by atoms with van der Waals surface area (Å²) in [6.07, 6.45) is 0. The number of hydrogen-bond donors (Lipinski definition) is 1. The van der Waals surface area contributed by atoms with E-state index in [0.717, 1.165) is 10.8 Å². The van der Waals surface area contributed by atoms with E-state index in [-0.39, 0.29) is 11.9 Å². The van der Waals surface area contributed by atoms with E-state index in [9.17, 15) is 4.39 Å². The second-order valence-corrected chi connectivity index (χ2v) is 5.35. The highest BCUT2D eigenvalue weighted by Gasteiger charge is 2.12. The van der Waals surface area contributed by atoms with E-state index < -0.39 is 0 Å². The van der Waals surface area contributed by atoms with Crippen molar-refractivity contribution in [2.75, 3.05) is 19.0 Å². The highest BCUT2D eigenvalue weighted by atomic mass is 32.1. The minimum Gasteiger partial charge on any atom is -0.347 e. The van der Waals surface area contributed by atoms with Gasteiger partial charge in [0.2, 0.25) is 0 Å². The maximum Gasteiger partial charge on any atom is 0.185 e. The summed E-state index contributed by atoms with van der Waals surface area (Å²) in [6.45, 7) is 2.59. The van der Waals surface area contributed by atoms with Crippen molar-refractivity contribution < 1.29 is 4.39 Å². The van der Waals surface area contributed by atoms with Gasteiger partial charge in [-0.2, -0.15) is 0 Å². The molecule has 0 spiro atoms. The Bertz CT molecular complexity index is 541. The van der Waals surface area contributed by atoms with Crippen molar-refractivity contribution >= 4 is 16.5 Å². The molecule has 1 heterocycles. The molecule has 1 aromatic heterocycles. The molecule has 0 aliphatic carbocycles. The van der Waals surface area contributed by atoms with Crippen LogP contribution < -0.4 is 10.2 Å². The third-order valence-electron chi connectivity index (χ3n) is 3.08. The van der Waals surface area contributed by atoms with Gasteiger partial charge in [-0.05, 0) is 20.0 Å².